The number of thiazole rings is 1. The largest absolute Gasteiger partial charge is 0.475 e. The lowest BCUT2D eigenvalue weighted by Gasteiger charge is -2.22. The smallest absolute Gasteiger partial charge is 0.371 e. The van der Waals surface area contributed by atoms with Crippen LogP contribution in [-0.4, -0.2) is 28.0 Å². The Morgan fingerprint density at radius 2 is 2.32 bits per heavy atom. The van der Waals surface area contributed by atoms with Crippen LogP contribution in [0.1, 0.15) is 39.9 Å². The van der Waals surface area contributed by atoms with Crippen molar-refractivity contribution in [2.75, 3.05) is 7.05 Å². The van der Waals surface area contributed by atoms with Crippen LogP contribution < -0.4 is 0 Å². The topological polar surface area (TPSA) is 66.6 Å². The van der Waals surface area contributed by atoms with Crippen molar-refractivity contribution in [3.05, 3.63) is 39.7 Å². The molecule has 2 aromatic rings. The summed E-state index contributed by atoms with van der Waals surface area (Å²) >= 11 is 1.62. The van der Waals surface area contributed by atoms with Crippen LogP contribution in [0.15, 0.2) is 22.1 Å². The Morgan fingerprint density at radius 3 is 2.84 bits per heavy atom. The molecule has 0 aromatic carbocycles. The van der Waals surface area contributed by atoms with Gasteiger partial charge >= 0.3 is 5.97 Å². The molecule has 2 heterocycles. The number of aryl methyl sites for hydroxylation is 1. The van der Waals surface area contributed by atoms with Gasteiger partial charge in [0, 0.05) is 11.4 Å². The molecule has 19 heavy (non-hydrogen) atoms. The minimum absolute atomic E-state index is 0.00889. The molecule has 1 N–H and O–H groups in total. The lowest BCUT2D eigenvalue weighted by atomic mass is 10.2. The van der Waals surface area contributed by atoms with Gasteiger partial charge in [0.2, 0.25) is 5.76 Å². The molecule has 0 radical (unpaired) electrons. The van der Waals surface area contributed by atoms with Crippen LogP contribution >= 0.6 is 11.3 Å². The van der Waals surface area contributed by atoms with Gasteiger partial charge in [0.1, 0.15) is 5.76 Å². The van der Waals surface area contributed by atoms with Crippen molar-refractivity contribution >= 4 is 17.3 Å². The van der Waals surface area contributed by atoms with E-state index in [1.165, 1.54) is 10.9 Å². The highest BCUT2D eigenvalue weighted by Gasteiger charge is 2.19. The molecule has 0 saturated heterocycles. The first kappa shape index (κ1) is 13.8. The molecule has 0 aliphatic rings. The third-order valence-electron chi connectivity index (χ3n) is 3.15. The van der Waals surface area contributed by atoms with Crippen molar-refractivity contribution in [3.63, 3.8) is 0 Å². The van der Waals surface area contributed by atoms with Crippen molar-refractivity contribution in [1.29, 1.82) is 0 Å². The van der Waals surface area contributed by atoms with Crippen molar-refractivity contribution < 1.29 is 14.3 Å². The maximum absolute atomic E-state index is 10.8. The number of aromatic carboxylic acids is 1. The van der Waals surface area contributed by atoms with Crippen LogP contribution in [0.5, 0.6) is 0 Å². The van der Waals surface area contributed by atoms with Gasteiger partial charge in [-0.25, -0.2) is 9.78 Å². The summed E-state index contributed by atoms with van der Waals surface area (Å²) in [6, 6.07) is 3.21. The molecular weight excluding hydrogens is 264 g/mol. The van der Waals surface area contributed by atoms with Gasteiger partial charge < -0.3 is 9.52 Å². The third kappa shape index (κ3) is 3.02. The number of furan rings is 1. The molecule has 2 aromatic heterocycles. The second-order valence-corrected chi connectivity index (χ2v) is 5.40. The highest BCUT2D eigenvalue weighted by atomic mass is 32.1. The minimum Gasteiger partial charge on any atom is -0.475 e. The Labute approximate surface area is 115 Å². The molecule has 0 bridgehead atoms. The number of carboxylic acid groups (broad SMARTS) is 1. The molecule has 0 spiro atoms. The summed E-state index contributed by atoms with van der Waals surface area (Å²) in [7, 11) is 1.98. The molecular formula is C13H16N2O3S. The number of aromatic nitrogens is 1. The first-order valence-corrected chi connectivity index (χ1v) is 6.79. The number of nitrogens with zero attached hydrogens (tertiary/aromatic N) is 2. The number of carbonyl (C=O) groups is 1. The van der Waals surface area contributed by atoms with Crippen LogP contribution in [-0.2, 0) is 6.54 Å². The highest BCUT2D eigenvalue weighted by molar-refractivity contribution is 7.09. The van der Waals surface area contributed by atoms with E-state index < -0.39 is 5.97 Å². The highest BCUT2D eigenvalue weighted by Crippen LogP contribution is 2.24. The molecule has 2 rings (SSSR count). The number of hydrogen-bond acceptors (Lipinski definition) is 5. The molecule has 102 valence electrons. The second-order valence-electron chi connectivity index (χ2n) is 4.46. The molecule has 1 unspecified atom stereocenters. The fraction of sp³-hybridized carbons (Fsp3) is 0.385. The zero-order chi connectivity index (χ0) is 14.0. The van der Waals surface area contributed by atoms with Crippen LogP contribution in [0.25, 0.3) is 0 Å². The molecule has 0 fully saturated rings. The molecule has 0 saturated carbocycles. The maximum atomic E-state index is 10.8. The van der Waals surface area contributed by atoms with Crippen LogP contribution in [0.4, 0.5) is 0 Å². The fourth-order valence-corrected chi connectivity index (χ4v) is 2.59. The molecule has 0 aliphatic heterocycles. The summed E-state index contributed by atoms with van der Waals surface area (Å²) in [6.45, 7) is 4.74. The Balaban J connectivity index is 2.07. The molecule has 1 atom stereocenters. The Bertz CT molecular complexity index is 576. The van der Waals surface area contributed by atoms with E-state index in [9.17, 15) is 4.79 Å². The van der Waals surface area contributed by atoms with E-state index in [-0.39, 0.29) is 11.8 Å². The van der Waals surface area contributed by atoms with Gasteiger partial charge in [-0.05, 0) is 33.0 Å². The van der Waals surface area contributed by atoms with Crippen LogP contribution in [0, 0.1) is 6.92 Å². The Kier molecular flexibility index (Phi) is 4.01. The summed E-state index contributed by atoms with van der Waals surface area (Å²) < 4.78 is 5.32. The predicted octanol–water partition coefficient (Wildman–Crippen LogP) is 2.94. The van der Waals surface area contributed by atoms with Crippen molar-refractivity contribution in [3.8, 4) is 0 Å². The number of carboxylic acids is 1. The standard InChI is InChI=1S/C13H16N2O3S/c1-8-12(19-7-14-8)6-15(3)9(2)10-4-5-11(18-10)13(16)17/h4-5,7,9H,6H2,1-3H3,(H,16,17). The predicted molar refractivity (Wildman–Crippen MR) is 72.4 cm³/mol. The third-order valence-corrected chi connectivity index (χ3v) is 4.07. The fourth-order valence-electron chi connectivity index (χ4n) is 1.75. The van der Waals surface area contributed by atoms with E-state index in [0.29, 0.717) is 5.76 Å². The van der Waals surface area contributed by atoms with E-state index in [1.807, 2.05) is 26.4 Å². The molecule has 0 aliphatic carbocycles. The summed E-state index contributed by atoms with van der Waals surface area (Å²) in [4.78, 5) is 18.3. The Hall–Kier alpha value is -1.66. The first-order valence-electron chi connectivity index (χ1n) is 5.91. The average molecular weight is 280 g/mol. The van der Waals surface area contributed by atoms with E-state index in [2.05, 4.69) is 9.88 Å². The van der Waals surface area contributed by atoms with E-state index in [1.54, 1.807) is 17.4 Å². The number of hydrogen-bond donors (Lipinski definition) is 1. The summed E-state index contributed by atoms with van der Waals surface area (Å²) in [6.07, 6.45) is 0. The van der Waals surface area contributed by atoms with Gasteiger partial charge in [-0.1, -0.05) is 0 Å². The average Bonchev–Trinajstić information content (AvgIpc) is 2.98. The second kappa shape index (κ2) is 5.54. The zero-order valence-electron chi connectivity index (χ0n) is 11.1. The van der Waals surface area contributed by atoms with Gasteiger partial charge in [0.25, 0.3) is 0 Å². The van der Waals surface area contributed by atoms with Crippen molar-refractivity contribution in [2.24, 2.45) is 0 Å². The zero-order valence-corrected chi connectivity index (χ0v) is 11.9. The van der Waals surface area contributed by atoms with E-state index >= 15 is 0 Å². The monoisotopic (exact) mass is 280 g/mol. The first-order chi connectivity index (χ1) is 8.99. The molecule has 6 heteroatoms. The normalized spacial score (nSPS) is 12.8. The van der Waals surface area contributed by atoms with E-state index in [4.69, 9.17) is 9.52 Å². The maximum Gasteiger partial charge on any atom is 0.371 e. The van der Waals surface area contributed by atoms with E-state index in [0.717, 1.165) is 12.2 Å². The number of rotatable bonds is 5. The van der Waals surface area contributed by atoms with Crippen molar-refractivity contribution in [1.82, 2.24) is 9.88 Å². The van der Waals surface area contributed by atoms with Crippen LogP contribution in [0.3, 0.4) is 0 Å². The lowest BCUT2D eigenvalue weighted by molar-refractivity contribution is 0.0656. The van der Waals surface area contributed by atoms with Crippen molar-refractivity contribution in [2.45, 2.75) is 26.4 Å². The summed E-state index contributed by atoms with van der Waals surface area (Å²) in [5.74, 6) is -0.411. The molecule has 5 nitrogen and oxygen atoms in total. The quantitative estimate of drug-likeness (QED) is 0.912. The van der Waals surface area contributed by atoms with Gasteiger partial charge in [-0.3, -0.25) is 4.90 Å². The summed E-state index contributed by atoms with van der Waals surface area (Å²) in [5, 5.41) is 8.85. The summed E-state index contributed by atoms with van der Waals surface area (Å²) in [5.41, 5.74) is 2.87. The Morgan fingerprint density at radius 1 is 1.58 bits per heavy atom. The lowest BCUT2D eigenvalue weighted by Crippen LogP contribution is -2.21. The minimum atomic E-state index is -1.04. The SMILES string of the molecule is Cc1ncsc1CN(C)C(C)c1ccc(C(=O)O)o1. The van der Waals surface area contributed by atoms with Gasteiger partial charge in [-0.15, -0.1) is 11.3 Å². The molecule has 0 amide bonds. The van der Waals surface area contributed by atoms with Gasteiger partial charge in [0.05, 0.1) is 17.2 Å². The van der Waals surface area contributed by atoms with Gasteiger partial charge in [0.15, 0.2) is 0 Å². The van der Waals surface area contributed by atoms with Gasteiger partial charge in [-0.2, -0.15) is 0 Å². The van der Waals surface area contributed by atoms with Crippen LogP contribution in [0.2, 0.25) is 0 Å².